The van der Waals surface area contributed by atoms with Gasteiger partial charge in [0.25, 0.3) is 0 Å². The molecule has 198 valence electrons. The molecule has 2 N–H and O–H groups in total. The van der Waals surface area contributed by atoms with E-state index in [4.69, 9.17) is 13.9 Å². The number of nitrogens with zero attached hydrogens (tertiary/aromatic N) is 1. The van der Waals surface area contributed by atoms with Crippen LogP contribution in [0.5, 0.6) is 0 Å². The van der Waals surface area contributed by atoms with E-state index in [-0.39, 0.29) is 30.5 Å². The molecule has 3 aromatic rings. The summed E-state index contributed by atoms with van der Waals surface area (Å²) in [6.07, 6.45) is -0.219. The molecule has 0 aliphatic carbocycles. The third-order valence-electron chi connectivity index (χ3n) is 5.98. The number of nitrogens with one attached hydrogen (secondary N) is 1. The molecule has 0 bridgehead atoms. The Labute approximate surface area is 214 Å². The van der Waals surface area contributed by atoms with Gasteiger partial charge >= 0.3 is 6.09 Å². The molecule has 2 heterocycles. The minimum atomic E-state index is -4.16. The Morgan fingerprint density at radius 3 is 2.54 bits per heavy atom. The highest BCUT2D eigenvalue weighted by atomic mass is 32.2. The second-order valence-electron chi connectivity index (χ2n) is 8.73. The van der Waals surface area contributed by atoms with Crippen molar-refractivity contribution in [1.29, 1.82) is 0 Å². The first kappa shape index (κ1) is 26.8. The van der Waals surface area contributed by atoms with Gasteiger partial charge in [0, 0.05) is 13.0 Å². The molecule has 0 radical (unpaired) electrons. The van der Waals surface area contributed by atoms with Crippen molar-refractivity contribution in [3.63, 3.8) is 0 Å². The number of furan rings is 1. The average Bonchev–Trinajstić information content (AvgIpc) is 3.58. The quantitative estimate of drug-likeness (QED) is 0.390. The van der Waals surface area contributed by atoms with E-state index < -0.39 is 34.1 Å². The van der Waals surface area contributed by atoms with Gasteiger partial charge in [-0.05, 0) is 48.4 Å². The lowest BCUT2D eigenvalue weighted by Gasteiger charge is -2.29. The van der Waals surface area contributed by atoms with Crippen LogP contribution in [0.25, 0.3) is 0 Å². The molecule has 0 spiro atoms. The molecule has 1 saturated heterocycles. The van der Waals surface area contributed by atoms with Crippen LogP contribution in [0.4, 0.5) is 9.18 Å². The fourth-order valence-electron chi connectivity index (χ4n) is 4.01. The highest BCUT2D eigenvalue weighted by molar-refractivity contribution is 7.89. The normalized spacial score (nSPS) is 17.4. The number of amides is 1. The lowest BCUT2D eigenvalue weighted by atomic mass is 10.0. The highest BCUT2D eigenvalue weighted by Gasteiger charge is 2.32. The van der Waals surface area contributed by atoms with Gasteiger partial charge in [0.05, 0.1) is 43.1 Å². The molecule has 3 atom stereocenters. The van der Waals surface area contributed by atoms with Crippen molar-refractivity contribution < 1.29 is 36.6 Å². The predicted octanol–water partition coefficient (Wildman–Crippen LogP) is 3.10. The first-order valence-electron chi connectivity index (χ1n) is 11.9. The maximum atomic E-state index is 13.5. The Kier molecular flexibility index (Phi) is 8.93. The summed E-state index contributed by atoms with van der Waals surface area (Å²) in [5, 5.41) is 13.9. The topological polar surface area (TPSA) is 118 Å². The molecule has 0 unspecified atom stereocenters. The van der Waals surface area contributed by atoms with Gasteiger partial charge in [0.2, 0.25) is 10.0 Å². The van der Waals surface area contributed by atoms with E-state index in [1.54, 1.807) is 12.1 Å². The van der Waals surface area contributed by atoms with E-state index in [1.165, 1.54) is 6.26 Å². The van der Waals surface area contributed by atoms with Crippen molar-refractivity contribution in [3.8, 4) is 0 Å². The van der Waals surface area contributed by atoms with Crippen LogP contribution < -0.4 is 5.32 Å². The van der Waals surface area contributed by atoms with Crippen molar-refractivity contribution in [3.05, 3.63) is 90.1 Å². The van der Waals surface area contributed by atoms with Gasteiger partial charge in [0.1, 0.15) is 17.7 Å². The van der Waals surface area contributed by atoms with E-state index in [2.05, 4.69) is 5.32 Å². The summed E-state index contributed by atoms with van der Waals surface area (Å²) in [4.78, 5) is 12.5. The Morgan fingerprint density at radius 1 is 1.14 bits per heavy atom. The summed E-state index contributed by atoms with van der Waals surface area (Å²) < 4.78 is 57.4. The number of hydrogen-bond acceptors (Lipinski definition) is 7. The first-order valence-corrected chi connectivity index (χ1v) is 13.3. The molecule has 1 aromatic heterocycles. The fourth-order valence-corrected chi connectivity index (χ4v) is 5.43. The summed E-state index contributed by atoms with van der Waals surface area (Å²) in [5.41, 5.74) is 0.829. The minimum absolute atomic E-state index is 0.138. The molecule has 0 saturated carbocycles. The maximum absolute atomic E-state index is 13.5. The van der Waals surface area contributed by atoms with Crippen molar-refractivity contribution >= 4 is 16.1 Å². The number of rotatable bonds is 11. The number of carbonyl (C=O) groups is 1. The number of ether oxygens (including phenoxy) is 2. The van der Waals surface area contributed by atoms with E-state index in [9.17, 15) is 22.7 Å². The fraction of sp³-hybridized carbons (Fsp3) is 0.346. The molecular formula is C26H29FN2O7S. The van der Waals surface area contributed by atoms with Gasteiger partial charge in [-0.1, -0.05) is 30.3 Å². The third kappa shape index (κ3) is 7.39. The van der Waals surface area contributed by atoms with Crippen molar-refractivity contribution in [1.82, 2.24) is 9.62 Å². The Bertz CT molecular complexity index is 1230. The van der Waals surface area contributed by atoms with Gasteiger partial charge < -0.3 is 24.3 Å². The number of aliphatic hydroxyl groups excluding tert-OH is 1. The van der Waals surface area contributed by atoms with Crippen LogP contribution in [0, 0.1) is 5.82 Å². The van der Waals surface area contributed by atoms with Crippen molar-refractivity contribution in [2.75, 3.05) is 19.8 Å². The zero-order chi connectivity index (χ0) is 26.3. The largest absolute Gasteiger partial charge is 0.468 e. The monoisotopic (exact) mass is 532 g/mol. The summed E-state index contributed by atoms with van der Waals surface area (Å²) in [6, 6.07) is 16.0. The molecule has 4 rings (SSSR count). The number of benzene rings is 2. The molecule has 9 nitrogen and oxygen atoms in total. The van der Waals surface area contributed by atoms with Crippen LogP contribution in [0.3, 0.4) is 0 Å². The van der Waals surface area contributed by atoms with Gasteiger partial charge in [-0.15, -0.1) is 0 Å². The Hall–Kier alpha value is -3.25. The minimum Gasteiger partial charge on any atom is -0.468 e. The lowest BCUT2D eigenvalue weighted by Crippen LogP contribution is -2.51. The second-order valence-corrected chi connectivity index (χ2v) is 10.7. The zero-order valence-electron chi connectivity index (χ0n) is 20.0. The van der Waals surface area contributed by atoms with E-state index in [1.807, 2.05) is 30.3 Å². The Morgan fingerprint density at radius 2 is 1.89 bits per heavy atom. The predicted molar refractivity (Wildman–Crippen MR) is 131 cm³/mol. The maximum Gasteiger partial charge on any atom is 0.407 e. The molecule has 11 heteroatoms. The number of sulfonamides is 1. The molecule has 1 amide bonds. The van der Waals surface area contributed by atoms with Gasteiger partial charge in [-0.3, -0.25) is 0 Å². The number of carbonyl (C=O) groups excluding carboxylic acids is 1. The number of hydrogen-bond donors (Lipinski definition) is 2. The molecule has 1 aliphatic heterocycles. The van der Waals surface area contributed by atoms with E-state index in [0.717, 1.165) is 34.1 Å². The SMILES string of the molecule is O=C(N[C@@H](Cc1ccccc1)[C@H](O)CN(Cc1ccco1)S(=O)(=O)c1ccc(F)cc1)O[C@H]1CCOC1. The Balaban J connectivity index is 1.56. The summed E-state index contributed by atoms with van der Waals surface area (Å²) in [7, 11) is -4.16. The highest BCUT2D eigenvalue weighted by Crippen LogP contribution is 2.21. The van der Waals surface area contributed by atoms with Gasteiger partial charge in [-0.25, -0.2) is 17.6 Å². The van der Waals surface area contributed by atoms with Crippen LogP contribution in [0.1, 0.15) is 17.7 Å². The molecule has 2 aromatic carbocycles. The summed E-state index contributed by atoms with van der Waals surface area (Å²) in [5.74, 6) is -0.221. The van der Waals surface area contributed by atoms with E-state index >= 15 is 0 Å². The van der Waals surface area contributed by atoms with Gasteiger partial charge in [0.15, 0.2) is 0 Å². The zero-order valence-corrected chi connectivity index (χ0v) is 20.8. The molecule has 1 aliphatic rings. The summed E-state index contributed by atoms with van der Waals surface area (Å²) >= 11 is 0. The van der Waals surface area contributed by atoms with Gasteiger partial charge in [-0.2, -0.15) is 4.31 Å². The standard InChI is InChI=1S/C26H29FN2O7S/c27-20-8-10-23(11-9-20)37(32,33)29(16-21-7-4-13-35-21)17-25(30)24(15-19-5-2-1-3-6-19)28-26(31)36-22-12-14-34-18-22/h1-11,13,22,24-25,30H,12,14-18H2,(H,28,31)/t22-,24-,25+/m0/s1. The molecular weight excluding hydrogens is 503 g/mol. The number of halogens is 1. The molecule has 37 heavy (non-hydrogen) atoms. The van der Waals surface area contributed by atoms with Crippen LogP contribution in [-0.2, 0) is 32.5 Å². The summed E-state index contributed by atoms with van der Waals surface area (Å²) in [6.45, 7) is 0.250. The second kappa shape index (κ2) is 12.3. The van der Waals surface area contributed by atoms with Crippen LogP contribution in [0.2, 0.25) is 0 Å². The average molecular weight is 533 g/mol. The number of alkyl carbamates (subject to hydrolysis) is 1. The van der Waals surface area contributed by atoms with Crippen molar-refractivity contribution in [2.45, 2.75) is 42.5 Å². The lowest BCUT2D eigenvalue weighted by molar-refractivity contribution is 0.0642. The van der Waals surface area contributed by atoms with E-state index in [0.29, 0.717) is 25.4 Å². The van der Waals surface area contributed by atoms with Crippen LogP contribution in [0.15, 0.2) is 82.3 Å². The van der Waals surface area contributed by atoms with Crippen LogP contribution in [-0.4, -0.2) is 61.9 Å². The van der Waals surface area contributed by atoms with Crippen LogP contribution >= 0.6 is 0 Å². The number of aliphatic hydroxyl groups is 1. The smallest absolute Gasteiger partial charge is 0.407 e. The van der Waals surface area contributed by atoms with Crippen molar-refractivity contribution in [2.24, 2.45) is 0 Å². The third-order valence-corrected chi connectivity index (χ3v) is 7.81. The first-order chi connectivity index (χ1) is 17.8. The molecule has 1 fully saturated rings.